The van der Waals surface area contributed by atoms with Crippen LogP contribution in [0.1, 0.15) is 0 Å². The van der Waals surface area contributed by atoms with Gasteiger partial charge in [0.25, 0.3) is 0 Å². The minimum absolute atomic E-state index is 0.405. The number of rotatable bonds is 3. The molecule has 0 N–H and O–H groups in total. The molecule has 0 spiro atoms. The first-order chi connectivity index (χ1) is 13.4. The van der Waals surface area contributed by atoms with E-state index >= 15 is 0 Å². The standard InChI is InChI=1S/C20H10Cl4O2S2/c21-13-3-5-15-11(9-13)1-7-17(27(23)25)19(15)20-16-6-4-14(22)10-12(16)2-8-18(20)28(24)26/h1-10H. The van der Waals surface area contributed by atoms with Gasteiger partial charge in [-0.25, -0.2) is 8.42 Å². The van der Waals surface area contributed by atoms with Gasteiger partial charge in [0, 0.05) is 21.2 Å². The Balaban J connectivity index is 2.25. The summed E-state index contributed by atoms with van der Waals surface area (Å²) in [5, 5.41) is 4.38. The highest BCUT2D eigenvalue weighted by Crippen LogP contribution is 2.43. The summed E-state index contributed by atoms with van der Waals surface area (Å²) in [7, 11) is 8.43. The van der Waals surface area contributed by atoms with Crippen molar-refractivity contribution in [1.82, 2.24) is 0 Å². The largest absolute Gasteiger partial charge is 0.237 e. The van der Waals surface area contributed by atoms with Crippen LogP contribution in [-0.4, -0.2) is 8.42 Å². The average molecular weight is 488 g/mol. The summed E-state index contributed by atoms with van der Waals surface area (Å²) in [5.74, 6) is 0. The monoisotopic (exact) mass is 486 g/mol. The summed E-state index contributed by atoms with van der Waals surface area (Å²) >= 11 is 12.3. The van der Waals surface area contributed by atoms with Crippen molar-refractivity contribution in [3.63, 3.8) is 0 Å². The quantitative estimate of drug-likeness (QED) is 0.280. The lowest BCUT2D eigenvalue weighted by molar-refractivity contribution is 0.690. The molecule has 0 saturated heterocycles. The van der Waals surface area contributed by atoms with E-state index in [1.54, 1.807) is 48.5 Å². The molecule has 28 heavy (non-hydrogen) atoms. The average Bonchev–Trinajstić information content (AvgIpc) is 2.65. The fraction of sp³-hybridized carbons (Fsp3) is 0. The van der Waals surface area contributed by atoms with Crippen LogP contribution < -0.4 is 0 Å². The third-order valence-corrected chi connectivity index (χ3v) is 7.32. The molecule has 0 aliphatic rings. The second-order valence-corrected chi connectivity index (χ2v) is 10.4. The Bertz CT molecular complexity index is 1200. The van der Waals surface area contributed by atoms with Gasteiger partial charge in [-0.3, -0.25) is 0 Å². The molecular weight excluding hydrogens is 478 g/mol. The number of hydrogen-bond acceptors (Lipinski definition) is 2. The third-order valence-electron chi connectivity index (χ3n) is 4.48. The van der Waals surface area contributed by atoms with Crippen molar-refractivity contribution in [2.45, 2.75) is 9.79 Å². The van der Waals surface area contributed by atoms with Gasteiger partial charge in [0.2, 0.25) is 0 Å². The number of halogens is 4. The molecule has 0 amide bonds. The molecule has 0 fully saturated rings. The molecule has 0 heterocycles. The second-order valence-electron chi connectivity index (χ2n) is 6.06. The summed E-state index contributed by atoms with van der Waals surface area (Å²) in [6, 6.07) is 17.7. The Kier molecular flexibility index (Phi) is 5.71. The molecule has 142 valence electrons. The highest BCUT2D eigenvalue weighted by Gasteiger charge is 2.21. The lowest BCUT2D eigenvalue weighted by Gasteiger charge is -2.16. The summed E-state index contributed by atoms with van der Waals surface area (Å²) < 4.78 is 24.7. The first-order valence-corrected chi connectivity index (χ1v) is 12.7. The second kappa shape index (κ2) is 7.94. The van der Waals surface area contributed by atoms with E-state index in [1.807, 2.05) is 12.1 Å². The predicted octanol–water partition coefficient (Wildman–Crippen LogP) is 7.49. The first kappa shape index (κ1) is 20.1. The molecule has 8 heteroatoms. The smallest absolute Gasteiger partial charge is 0.148 e. The zero-order valence-electron chi connectivity index (χ0n) is 13.9. The molecule has 0 saturated carbocycles. The molecule has 2 atom stereocenters. The topological polar surface area (TPSA) is 34.1 Å². The van der Waals surface area contributed by atoms with Gasteiger partial charge < -0.3 is 0 Å². The molecule has 0 radical (unpaired) electrons. The number of benzene rings is 4. The minimum Gasteiger partial charge on any atom is -0.237 e. The zero-order chi connectivity index (χ0) is 20.0. The van der Waals surface area contributed by atoms with E-state index in [-0.39, 0.29) is 0 Å². The van der Waals surface area contributed by atoms with Crippen molar-refractivity contribution in [2.24, 2.45) is 0 Å². The lowest BCUT2D eigenvalue weighted by atomic mass is 9.93. The van der Waals surface area contributed by atoms with E-state index in [9.17, 15) is 8.42 Å². The number of hydrogen-bond donors (Lipinski definition) is 0. The van der Waals surface area contributed by atoms with Crippen molar-refractivity contribution in [2.75, 3.05) is 0 Å². The maximum absolute atomic E-state index is 12.3. The van der Waals surface area contributed by atoms with Crippen LogP contribution in [0.3, 0.4) is 0 Å². The van der Waals surface area contributed by atoms with Crippen LogP contribution in [0.5, 0.6) is 0 Å². The zero-order valence-corrected chi connectivity index (χ0v) is 18.6. The summed E-state index contributed by atoms with van der Waals surface area (Å²) in [4.78, 5) is 0.810. The maximum Gasteiger partial charge on any atom is 0.148 e. The van der Waals surface area contributed by atoms with E-state index < -0.39 is 20.0 Å². The maximum atomic E-state index is 12.3. The molecule has 0 bridgehead atoms. The van der Waals surface area contributed by atoms with E-state index in [2.05, 4.69) is 0 Å². The summed E-state index contributed by atoms with van der Waals surface area (Å²) in [6.45, 7) is 0. The van der Waals surface area contributed by atoms with Crippen LogP contribution in [0, 0.1) is 0 Å². The number of fused-ring (bicyclic) bond motifs is 2. The molecule has 4 rings (SSSR count). The molecule has 0 aliphatic carbocycles. The van der Waals surface area contributed by atoms with Crippen molar-refractivity contribution >= 4 is 86.1 Å². The van der Waals surface area contributed by atoms with Crippen LogP contribution in [0.2, 0.25) is 10.0 Å². The van der Waals surface area contributed by atoms with Crippen LogP contribution in [-0.2, 0) is 20.0 Å². The lowest BCUT2D eigenvalue weighted by Crippen LogP contribution is -1.96. The molecule has 0 aliphatic heterocycles. The fourth-order valence-corrected chi connectivity index (χ4v) is 5.57. The molecule has 2 unspecified atom stereocenters. The molecule has 2 nitrogen and oxygen atoms in total. The third kappa shape index (κ3) is 3.58. The van der Waals surface area contributed by atoms with Gasteiger partial charge in [-0.05, 0) is 79.3 Å². The SMILES string of the molecule is O=S(Cl)c1ccc2cc(Cl)ccc2c1-c1c(S(=O)Cl)ccc2cc(Cl)ccc12. The Morgan fingerprint density at radius 3 is 1.32 bits per heavy atom. The normalized spacial score (nSPS) is 13.7. The Labute approximate surface area is 185 Å². The first-order valence-electron chi connectivity index (χ1n) is 7.98. The Morgan fingerprint density at radius 1 is 0.571 bits per heavy atom. The van der Waals surface area contributed by atoms with Gasteiger partial charge in [0.15, 0.2) is 0 Å². The van der Waals surface area contributed by atoms with Crippen LogP contribution in [0.15, 0.2) is 70.5 Å². The van der Waals surface area contributed by atoms with Gasteiger partial charge in [0.1, 0.15) is 20.0 Å². The van der Waals surface area contributed by atoms with E-state index in [4.69, 9.17) is 44.6 Å². The highest BCUT2D eigenvalue weighted by molar-refractivity contribution is 8.08. The van der Waals surface area contributed by atoms with Gasteiger partial charge >= 0.3 is 0 Å². The molecule has 4 aromatic carbocycles. The van der Waals surface area contributed by atoms with E-state index in [0.717, 1.165) is 21.5 Å². The van der Waals surface area contributed by atoms with Crippen LogP contribution in [0.25, 0.3) is 32.7 Å². The molecular formula is C20H10Cl4O2S2. The van der Waals surface area contributed by atoms with Crippen LogP contribution >= 0.6 is 44.6 Å². The minimum atomic E-state index is -1.80. The van der Waals surface area contributed by atoms with Gasteiger partial charge in [-0.2, -0.15) is 0 Å². The van der Waals surface area contributed by atoms with Gasteiger partial charge in [0.05, 0.1) is 9.79 Å². The summed E-state index contributed by atoms with van der Waals surface area (Å²) in [6.07, 6.45) is 0. The van der Waals surface area contributed by atoms with Crippen LogP contribution in [0.4, 0.5) is 0 Å². The van der Waals surface area contributed by atoms with Gasteiger partial charge in [-0.1, -0.05) is 47.5 Å². The highest BCUT2D eigenvalue weighted by atomic mass is 35.7. The van der Waals surface area contributed by atoms with E-state index in [1.165, 1.54) is 0 Å². The molecule has 4 aromatic rings. The summed E-state index contributed by atoms with van der Waals surface area (Å²) in [5.41, 5.74) is 1.22. The van der Waals surface area contributed by atoms with Crippen molar-refractivity contribution < 1.29 is 8.42 Å². The molecule has 0 aromatic heterocycles. The van der Waals surface area contributed by atoms with Crippen molar-refractivity contribution in [3.8, 4) is 11.1 Å². The predicted molar refractivity (Wildman–Crippen MR) is 121 cm³/mol. The van der Waals surface area contributed by atoms with E-state index in [0.29, 0.717) is 31.0 Å². The fourth-order valence-electron chi connectivity index (χ4n) is 3.34. The Morgan fingerprint density at radius 2 is 0.964 bits per heavy atom. The van der Waals surface area contributed by atoms with Crippen molar-refractivity contribution in [1.29, 1.82) is 0 Å². The Hall–Kier alpha value is -1.14. The van der Waals surface area contributed by atoms with Gasteiger partial charge in [-0.15, -0.1) is 0 Å². The van der Waals surface area contributed by atoms with Crippen molar-refractivity contribution in [3.05, 3.63) is 70.7 Å².